The fourth-order valence-corrected chi connectivity index (χ4v) is 9.04. The fourth-order valence-electron chi connectivity index (χ4n) is 9.04. The molecule has 1 unspecified atom stereocenters. The van der Waals surface area contributed by atoms with Crippen LogP contribution in [0.15, 0.2) is 60.7 Å². The van der Waals surface area contributed by atoms with Crippen LogP contribution in [-0.2, 0) is 33.4 Å². The van der Waals surface area contributed by atoms with Gasteiger partial charge in [-0.2, -0.15) is 0 Å². The maximum absolute atomic E-state index is 13.4. The summed E-state index contributed by atoms with van der Waals surface area (Å²) in [6.07, 6.45) is 21.0. The van der Waals surface area contributed by atoms with Gasteiger partial charge in [0.15, 0.2) is 0 Å². The van der Waals surface area contributed by atoms with Gasteiger partial charge in [0.1, 0.15) is 11.5 Å². The second-order valence-corrected chi connectivity index (χ2v) is 16.8. The summed E-state index contributed by atoms with van der Waals surface area (Å²) in [5.41, 5.74) is 6.54. The molecule has 0 amide bonds. The summed E-state index contributed by atoms with van der Waals surface area (Å²) in [5.74, 6) is -0.171. The highest BCUT2D eigenvalue weighted by atomic mass is 16.7. The molecule has 9 nitrogen and oxygen atoms in total. The molecule has 0 radical (unpaired) electrons. The summed E-state index contributed by atoms with van der Waals surface area (Å²) in [5, 5.41) is 0. The number of methoxy groups -OCH3 is 2. The molecular formula is C52H70O9. The molecule has 3 aliphatic carbocycles. The van der Waals surface area contributed by atoms with Gasteiger partial charge in [0.05, 0.1) is 7.11 Å². The van der Waals surface area contributed by atoms with Crippen LogP contribution in [-0.4, -0.2) is 44.4 Å². The van der Waals surface area contributed by atoms with Crippen LogP contribution in [0, 0.1) is 0 Å². The number of hydrogen-bond donors (Lipinski definition) is 0. The van der Waals surface area contributed by atoms with Crippen molar-refractivity contribution in [3.8, 4) is 11.5 Å². The lowest BCUT2D eigenvalue weighted by Crippen LogP contribution is -2.29. The van der Waals surface area contributed by atoms with Gasteiger partial charge in [0.2, 0.25) is 6.29 Å². The van der Waals surface area contributed by atoms with E-state index in [1.807, 2.05) is 0 Å². The smallest absolute Gasteiger partial charge is 0.311 e. The highest BCUT2D eigenvalue weighted by molar-refractivity contribution is 5.79. The van der Waals surface area contributed by atoms with Gasteiger partial charge in [-0.25, -0.2) is 0 Å². The first kappa shape index (κ1) is 47.5. The van der Waals surface area contributed by atoms with E-state index in [4.69, 9.17) is 23.7 Å². The Hall–Kier alpha value is -4.50. The second-order valence-electron chi connectivity index (χ2n) is 16.8. The fraction of sp³-hybridized carbons (Fsp3) is 0.577. The maximum Gasteiger partial charge on any atom is 0.311 e. The summed E-state index contributed by atoms with van der Waals surface area (Å²) in [6.45, 7) is 2.23. The van der Waals surface area contributed by atoms with Crippen molar-refractivity contribution in [2.24, 2.45) is 0 Å². The van der Waals surface area contributed by atoms with Crippen molar-refractivity contribution in [3.05, 3.63) is 94.0 Å². The topological polar surface area (TPSA) is 114 Å². The van der Waals surface area contributed by atoms with Crippen LogP contribution in [0.2, 0.25) is 0 Å². The van der Waals surface area contributed by atoms with Crippen molar-refractivity contribution in [2.45, 2.75) is 179 Å². The van der Waals surface area contributed by atoms with Crippen molar-refractivity contribution in [3.63, 3.8) is 0 Å². The number of unbranched alkanes of at least 4 members (excludes halogenated alkanes) is 16. The zero-order chi connectivity index (χ0) is 43.2. The van der Waals surface area contributed by atoms with Crippen LogP contribution in [0.3, 0.4) is 0 Å². The summed E-state index contributed by atoms with van der Waals surface area (Å²) < 4.78 is 28.0. The molecule has 0 fully saturated rings. The highest BCUT2D eigenvalue weighted by Gasteiger charge is 2.45. The predicted octanol–water partition coefficient (Wildman–Crippen LogP) is 12.6. The number of carbonyl (C=O) groups excluding carboxylic acids is 4. The minimum Gasteiger partial charge on any atom is -0.469 e. The molecule has 0 saturated heterocycles. The molecule has 0 heterocycles. The van der Waals surface area contributed by atoms with Crippen molar-refractivity contribution in [1.82, 2.24) is 0 Å². The van der Waals surface area contributed by atoms with Gasteiger partial charge >= 0.3 is 23.9 Å². The first-order chi connectivity index (χ1) is 29.9. The third-order valence-corrected chi connectivity index (χ3v) is 12.3. The van der Waals surface area contributed by atoms with E-state index in [1.54, 1.807) is 19.2 Å². The third-order valence-electron chi connectivity index (χ3n) is 12.3. The number of ether oxygens (including phenoxy) is 5. The van der Waals surface area contributed by atoms with Crippen molar-refractivity contribution >= 4 is 23.9 Å². The largest absolute Gasteiger partial charge is 0.469 e. The van der Waals surface area contributed by atoms with E-state index in [9.17, 15) is 19.2 Å². The van der Waals surface area contributed by atoms with Crippen molar-refractivity contribution in [2.75, 3.05) is 14.2 Å². The van der Waals surface area contributed by atoms with Crippen LogP contribution < -0.4 is 9.47 Å². The number of rotatable bonds is 30. The van der Waals surface area contributed by atoms with Gasteiger partial charge in [0.25, 0.3) is 0 Å². The predicted molar refractivity (Wildman–Crippen MR) is 238 cm³/mol. The lowest BCUT2D eigenvalue weighted by molar-refractivity contribution is -0.175. The van der Waals surface area contributed by atoms with Gasteiger partial charge in [-0.05, 0) is 66.5 Å². The maximum atomic E-state index is 13.4. The van der Waals surface area contributed by atoms with Gasteiger partial charge in [-0.3, -0.25) is 19.2 Å². The molecule has 0 N–H and O–H groups in total. The van der Waals surface area contributed by atoms with Crippen LogP contribution >= 0.6 is 0 Å². The second kappa shape index (κ2) is 26.1. The average Bonchev–Trinajstić information content (AvgIpc) is 3.27. The zero-order valence-corrected chi connectivity index (χ0v) is 37.2. The van der Waals surface area contributed by atoms with E-state index in [-0.39, 0.29) is 35.7 Å². The lowest BCUT2D eigenvalue weighted by Gasteiger charge is -2.43. The quantitative estimate of drug-likeness (QED) is 0.0193. The van der Waals surface area contributed by atoms with Crippen LogP contribution in [0.5, 0.6) is 11.5 Å². The van der Waals surface area contributed by atoms with E-state index >= 15 is 0 Å². The van der Waals surface area contributed by atoms with Crippen LogP contribution in [0.25, 0.3) is 0 Å². The van der Waals surface area contributed by atoms with Gasteiger partial charge in [-0.15, -0.1) is 0 Å². The molecule has 2 bridgehead atoms. The minimum absolute atomic E-state index is 0.156. The van der Waals surface area contributed by atoms with Crippen molar-refractivity contribution in [1.29, 1.82) is 0 Å². The molecule has 0 aromatic heterocycles. The van der Waals surface area contributed by atoms with Gasteiger partial charge in [0, 0.05) is 62.2 Å². The molecule has 6 rings (SSSR count). The monoisotopic (exact) mass is 839 g/mol. The number of carbonyl (C=O) groups is 4. The van der Waals surface area contributed by atoms with Crippen molar-refractivity contribution < 1.29 is 42.9 Å². The van der Waals surface area contributed by atoms with E-state index in [1.165, 1.54) is 61.5 Å². The van der Waals surface area contributed by atoms with Crippen LogP contribution in [0.4, 0.5) is 0 Å². The Morgan fingerprint density at radius 2 is 0.820 bits per heavy atom. The molecule has 0 spiro atoms. The summed E-state index contributed by atoms with van der Waals surface area (Å²) >= 11 is 0. The molecule has 332 valence electrons. The normalized spacial score (nSPS) is 15.0. The molecular weight excluding hydrogens is 769 g/mol. The Morgan fingerprint density at radius 3 is 1.21 bits per heavy atom. The van der Waals surface area contributed by atoms with E-state index < -0.39 is 6.29 Å². The molecule has 3 aromatic rings. The summed E-state index contributed by atoms with van der Waals surface area (Å²) in [4.78, 5) is 50.5. The van der Waals surface area contributed by atoms with E-state index in [0.717, 1.165) is 107 Å². The van der Waals surface area contributed by atoms with Crippen LogP contribution in [0.1, 0.15) is 206 Å². The molecule has 0 aliphatic heterocycles. The Balaban J connectivity index is 1.09. The average molecular weight is 839 g/mol. The molecule has 3 aromatic carbocycles. The van der Waals surface area contributed by atoms with Gasteiger partial charge < -0.3 is 23.7 Å². The van der Waals surface area contributed by atoms with Gasteiger partial charge in [-0.1, -0.05) is 145 Å². The Labute approximate surface area is 364 Å². The summed E-state index contributed by atoms with van der Waals surface area (Å²) in [6, 6.07) is 20.4. The highest BCUT2D eigenvalue weighted by Crippen LogP contribution is 2.60. The first-order valence-electron chi connectivity index (χ1n) is 23.4. The Bertz CT molecular complexity index is 1800. The molecule has 9 heteroatoms. The SMILES string of the molecule is CCCCCCCCCC(OC)OC(=O)CCCCCCCCC(=O)Oc1ccc(OC(=O)CCCCCCCCC(=O)OC)c2c1C1c3ccccc3C2c2ccccc21. The molecule has 0 saturated carbocycles. The summed E-state index contributed by atoms with van der Waals surface area (Å²) in [7, 11) is 3.02. The standard InChI is InChI=1S/C52H70O9/c1-4-5-6-7-8-17-22-35-48(58-3)61-47(56)34-21-16-12-11-15-20-33-46(55)60-43-37-36-42(59-45(54)32-19-14-10-9-13-18-31-44(53)57-2)51-49-38-27-23-25-29-40(38)50(52(43)51)41-30-26-24-28-39(41)49/h23-30,36-37,48-50H,4-22,31-35H2,1-3H3. The Kier molecular flexibility index (Phi) is 20.3. The number of benzene rings is 3. The third kappa shape index (κ3) is 14.3. The minimum atomic E-state index is -0.459. The van der Waals surface area contributed by atoms with E-state index in [2.05, 4.69) is 55.5 Å². The first-order valence-corrected chi connectivity index (χ1v) is 23.4. The van der Waals surface area contributed by atoms with E-state index in [0.29, 0.717) is 37.2 Å². The molecule has 1 atom stereocenters. The molecule has 61 heavy (non-hydrogen) atoms. The number of esters is 4. The zero-order valence-electron chi connectivity index (χ0n) is 37.2. The number of hydrogen-bond acceptors (Lipinski definition) is 9. The molecule has 3 aliphatic rings. The Morgan fingerprint density at radius 1 is 0.459 bits per heavy atom. The lowest BCUT2D eigenvalue weighted by atomic mass is 9.60.